The number of carbonyl (C=O) groups is 1. The highest BCUT2D eigenvalue weighted by atomic mass is 16.4. The van der Waals surface area contributed by atoms with Crippen LogP contribution in [0.2, 0.25) is 0 Å². The molecule has 1 aliphatic rings. The number of aromatic nitrogens is 2. The molecule has 6 heteroatoms. The summed E-state index contributed by atoms with van der Waals surface area (Å²) in [6.45, 7) is 0.904. The fourth-order valence-corrected chi connectivity index (χ4v) is 2.41. The van der Waals surface area contributed by atoms with Gasteiger partial charge in [-0.15, -0.1) is 0 Å². The minimum Gasteiger partial charge on any atom is -0.506 e. The van der Waals surface area contributed by atoms with E-state index >= 15 is 0 Å². The molecule has 94 valence electrons. The molecule has 0 aliphatic carbocycles. The zero-order valence-corrected chi connectivity index (χ0v) is 9.63. The maximum absolute atomic E-state index is 11.2. The van der Waals surface area contributed by atoms with Crippen molar-refractivity contribution in [3.8, 4) is 5.75 Å². The molecule has 3 rings (SSSR count). The Bertz CT molecular complexity index is 614. The summed E-state index contributed by atoms with van der Waals surface area (Å²) in [4.78, 5) is 15.4. The minimum atomic E-state index is -1.05. The SMILES string of the molecule is O=C(O)c1nc(C2CCCN2)n2cc(O)ccc12. The van der Waals surface area contributed by atoms with E-state index in [2.05, 4.69) is 10.3 Å². The van der Waals surface area contributed by atoms with E-state index in [-0.39, 0.29) is 17.5 Å². The molecule has 1 saturated heterocycles. The number of carboxylic acids is 1. The largest absolute Gasteiger partial charge is 0.506 e. The smallest absolute Gasteiger partial charge is 0.356 e. The predicted octanol–water partition coefficient (Wildman–Crippen LogP) is 1.16. The summed E-state index contributed by atoms with van der Waals surface area (Å²) in [5.74, 6) is -0.311. The standard InChI is InChI=1S/C12H13N3O3/c16-7-3-4-9-10(12(17)18)14-11(15(9)6-7)8-2-1-5-13-8/h3-4,6,8,13,16H,1-2,5H2,(H,17,18). The van der Waals surface area contributed by atoms with Gasteiger partial charge in [0.2, 0.25) is 0 Å². The van der Waals surface area contributed by atoms with Crippen LogP contribution in [0.1, 0.15) is 35.2 Å². The zero-order valence-electron chi connectivity index (χ0n) is 9.63. The van der Waals surface area contributed by atoms with Crippen molar-refractivity contribution in [1.82, 2.24) is 14.7 Å². The highest BCUT2D eigenvalue weighted by Crippen LogP contribution is 2.26. The third kappa shape index (κ3) is 1.62. The molecule has 0 aromatic carbocycles. The lowest BCUT2D eigenvalue weighted by Crippen LogP contribution is -2.15. The van der Waals surface area contributed by atoms with Crippen LogP contribution in [0.15, 0.2) is 18.3 Å². The molecule has 0 spiro atoms. The van der Waals surface area contributed by atoms with Crippen molar-refractivity contribution in [2.45, 2.75) is 18.9 Å². The Morgan fingerprint density at radius 1 is 1.50 bits per heavy atom. The maximum Gasteiger partial charge on any atom is 0.356 e. The molecular formula is C12H13N3O3. The second kappa shape index (κ2) is 3.99. The van der Waals surface area contributed by atoms with Crippen LogP contribution in [0.5, 0.6) is 5.75 Å². The van der Waals surface area contributed by atoms with Crippen LogP contribution in [0.3, 0.4) is 0 Å². The summed E-state index contributed by atoms with van der Waals surface area (Å²) in [5.41, 5.74) is 0.530. The van der Waals surface area contributed by atoms with Crippen LogP contribution in [0.4, 0.5) is 0 Å². The van der Waals surface area contributed by atoms with E-state index < -0.39 is 5.97 Å². The zero-order chi connectivity index (χ0) is 12.7. The van der Waals surface area contributed by atoms with Crippen LogP contribution in [-0.4, -0.2) is 32.1 Å². The minimum absolute atomic E-state index is 0.0266. The molecule has 2 aromatic rings. The van der Waals surface area contributed by atoms with Crippen molar-refractivity contribution in [3.05, 3.63) is 29.8 Å². The Morgan fingerprint density at radius 2 is 2.33 bits per heavy atom. The number of hydrogen-bond acceptors (Lipinski definition) is 4. The van der Waals surface area contributed by atoms with Gasteiger partial charge in [0.15, 0.2) is 5.69 Å². The number of aromatic carboxylic acids is 1. The van der Waals surface area contributed by atoms with Gasteiger partial charge in [0.1, 0.15) is 11.6 Å². The fourth-order valence-electron chi connectivity index (χ4n) is 2.41. The van der Waals surface area contributed by atoms with Crippen molar-refractivity contribution >= 4 is 11.5 Å². The Balaban J connectivity index is 2.23. The second-order valence-electron chi connectivity index (χ2n) is 4.42. The topological polar surface area (TPSA) is 86.9 Å². The van der Waals surface area contributed by atoms with Crippen molar-refractivity contribution in [2.75, 3.05) is 6.54 Å². The summed E-state index contributed by atoms with van der Waals surface area (Å²) in [6, 6.07) is 3.09. The van der Waals surface area contributed by atoms with Crippen molar-refractivity contribution in [2.24, 2.45) is 0 Å². The first kappa shape index (κ1) is 11.0. The molecule has 1 atom stereocenters. The van der Waals surface area contributed by atoms with E-state index in [0.717, 1.165) is 19.4 Å². The number of nitrogens with one attached hydrogen (secondary N) is 1. The van der Waals surface area contributed by atoms with Gasteiger partial charge in [0, 0.05) is 0 Å². The van der Waals surface area contributed by atoms with Crippen LogP contribution in [0, 0.1) is 0 Å². The molecule has 3 N–H and O–H groups in total. The van der Waals surface area contributed by atoms with Crippen LogP contribution >= 0.6 is 0 Å². The molecule has 18 heavy (non-hydrogen) atoms. The molecule has 0 saturated carbocycles. The average molecular weight is 247 g/mol. The number of imidazole rings is 1. The highest BCUT2D eigenvalue weighted by Gasteiger charge is 2.25. The lowest BCUT2D eigenvalue weighted by molar-refractivity contribution is 0.0693. The second-order valence-corrected chi connectivity index (χ2v) is 4.42. The highest BCUT2D eigenvalue weighted by molar-refractivity contribution is 5.93. The molecular weight excluding hydrogens is 234 g/mol. The molecule has 6 nitrogen and oxygen atoms in total. The fraction of sp³-hybridized carbons (Fsp3) is 0.333. The van der Waals surface area contributed by atoms with Crippen LogP contribution in [-0.2, 0) is 0 Å². The van der Waals surface area contributed by atoms with Crippen molar-refractivity contribution in [1.29, 1.82) is 0 Å². The van der Waals surface area contributed by atoms with Gasteiger partial charge in [0.05, 0.1) is 17.8 Å². The quantitative estimate of drug-likeness (QED) is 0.741. The molecule has 1 fully saturated rings. The number of fused-ring (bicyclic) bond motifs is 1. The molecule has 0 radical (unpaired) electrons. The maximum atomic E-state index is 11.2. The van der Waals surface area contributed by atoms with Crippen molar-refractivity contribution in [3.63, 3.8) is 0 Å². The Morgan fingerprint density at radius 3 is 3.00 bits per heavy atom. The predicted molar refractivity (Wildman–Crippen MR) is 63.8 cm³/mol. The first-order valence-electron chi connectivity index (χ1n) is 5.84. The van der Waals surface area contributed by atoms with Gasteiger partial charge < -0.3 is 15.5 Å². The lowest BCUT2D eigenvalue weighted by atomic mass is 10.2. The molecule has 3 heterocycles. The van der Waals surface area contributed by atoms with Crippen LogP contribution in [0.25, 0.3) is 5.52 Å². The molecule has 0 bridgehead atoms. The number of nitrogens with zero attached hydrogens (tertiary/aromatic N) is 2. The lowest BCUT2D eigenvalue weighted by Gasteiger charge is -2.08. The molecule has 2 aromatic heterocycles. The molecule has 0 amide bonds. The third-order valence-electron chi connectivity index (χ3n) is 3.22. The third-order valence-corrected chi connectivity index (χ3v) is 3.22. The van der Waals surface area contributed by atoms with Gasteiger partial charge >= 0.3 is 5.97 Å². The molecule has 1 unspecified atom stereocenters. The van der Waals surface area contributed by atoms with E-state index in [9.17, 15) is 9.90 Å². The number of carboxylic acid groups (broad SMARTS) is 1. The number of pyridine rings is 1. The monoisotopic (exact) mass is 247 g/mol. The summed E-state index contributed by atoms with van der Waals surface area (Å²) < 4.78 is 1.65. The van der Waals surface area contributed by atoms with E-state index in [4.69, 9.17) is 5.11 Å². The molecule has 1 aliphatic heterocycles. The van der Waals surface area contributed by atoms with Crippen LogP contribution < -0.4 is 5.32 Å². The van der Waals surface area contributed by atoms with E-state index in [1.165, 1.54) is 12.3 Å². The number of hydrogen-bond donors (Lipinski definition) is 3. The van der Waals surface area contributed by atoms with E-state index in [1.807, 2.05) is 0 Å². The summed E-state index contributed by atoms with van der Waals surface area (Å²) in [6.07, 6.45) is 3.47. The number of aromatic hydroxyl groups is 1. The Labute approximate surface area is 103 Å². The summed E-state index contributed by atoms with van der Waals surface area (Å²) >= 11 is 0. The number of rotatable bonds is 2. The van der Waals surface area contributed by atoms with Gasteiger partial charge in [-0.25, -0.2) is 9.78 Å². The van der Waals surface area contributed by atoms with Gasteiger partial charge in [0.25, 0.3) is 0 Å². The van der Waals surface area contributed by atoms with E-state index in [1.54, 1.807) is 10.5 Å². The first-order valence-corrected chi connectivity index (χ1v) is 5.84. The summed E-state index contributed by atoms with van der Waals surface area (Å²) in [5, 5.41) is 22.0. The van der Waals surface area contributed by atoms with Gasteiger partial charge in [-0.3, -0.25) is 4.40 Å². The van der Waals surface area contributed by atoms with E-state index in [0.29, 0.717) is 11.3 Å². The van der Waals surface area contributed by atoms with Crippen molar-refractivity contribution < 1.29 is 15.0 Å². The Hall–Kier alpha value is -2.08. The average Bonchev–Trinajstić information content (AvgIpc) is 2.93. The normalized spacial score (nSPS) is 19.4. The summed E-state index contributed by atoms with van der Waals surface area (Å²) in [7, 11) is 0. The first-order chi connectivity index (χ1) is 8.66. The van der Waals surface area contributed by atoms with Gasteiger partial charge in [-0.1, -0.05) is 0 Å². The van der Waals surface area contributed by atoms with Gasteiger partial charge in [-0.05, 0) is 31.5 Å². The Kier molecular flexibility index (Phi) is 2.45. The van der Waals surface area contributed by atoms with Gasteiger partial charge in [-0.2, -0.15) is 0 Å².